The second-order valence-electron chi connectivity index (χ2n) is 5.47. The molecule has 1 aromatic heterocycles. The largest absolute Gasteiger partial charge is 0.497 e. The Morgan fingerprint density at radius 2 is 2.00 bits per heavy atom. The van der Waals surface area contributed by atoms with Gasteiger partial charge in [0.15, 0.2) is 0 Å². The van der Waals surface area contributed by atoms with Crippen molar-refractivity contribution in [1.82, 2.24) is 20.0 Å². The highest BCUT2D eigenvalue weighted by atomic mass is 32.1. The summed E-state index contributed by atoms with van der Waals surface area (Å²) in [5.41, 5.74) is 2.31. The lowest BCUT2D eigenvalue weighted by atomic mass is 10.1. The summed E-state index contributed by atoms with van der Waals surface area (Å²) in [6, 6.07) is 5.27. The van der Waals surface area contributed by atoms with Crippen molar-refractivity contribution in [3.63, 3.8) is 0 Å². The van der Waals surface area contributed by atoms with E-state index in [0.29, 0.717) is 30.2 Å². The highest BCUT2D eigenvalue weighted by Crippen LogP contribution is 2.26. The van der Waals surface area contributed by atoms with Crippen molar-refractivity contribution in [2.75, 3.05) is 40.4 Å². The predicted molar refractivity (Wildman–Crippen MR) is 90.6 cm³/mol. The summed E-state index contributed by atoms with van der Waals surface area (Å²) in [5.74, 6) is 1.20. The summed E-state index contributed by atoms with van der Waals surface area (Å²) in [4.78, 5) is 16.9. The van der Waals surface area contributed by atoms with Crippen LogP contribution in [0.25, 0.3) is 0 Å². The monoisotopic (exact) mass is 348 g/mol. The lowest BCUT2D eigenvalue weighted by Gasteiger charge is -2.34. The molecule has 3 rings (SSSR count). The van der Waals surface area contributed by atoms with Crippen LogP contribution < -0.4 is 9.47 Å². The fourth-order valence-electron chi connectivity index (χ4n) is 2.71. The summed E-state index contributed by atoms with van der Waals surface area (Å²) in [5, 5.41) is 8.93. The molecule has 0 spiro atoms. The Labute approximate surface area is 144 Å². The number of amides is 1. The van der Waals surface area contributed by atoms with Crippen molar-refractivity contribution in [3.8, 4) is 11.5 Å². The standard InChI is InChI=1S/C16H20N4O3S/c1-22-12-3-4-13(14(9-12)23-2)16(21)20-7-5-19(6-8-20)10-15-18-17-11-24-15/h3-4,9,11H,5-8,10H2,1-2H3. The van der Waals surface area contributed by atoms with Crippen molar-refractivity contribution in [2.24, 2.45) is 0 Å². The van der Waals surface area contributed by atoms with Crippen LogP contribution >= 0.6 is 11.3 Å². The lowest BCUT2D eigenvalue weighted by Crippen LogP contribution is -2.48. The highest BCUT2D eigenvalue weighted by Gasteiger charge is 2.24. The smallest absolute Gasteiger partial charge is 0.257 e. The first kappa shape index (κ1) is 16.7. The van der Waals surface area contributed by atoms with E-state index in [9.17, 15) is 4.79 Å². The van der Waals surface area contributed by atoms with Gasteiger partial charge in [-0.25, -0.2) is 0 Å². The molecule has 0 N–H and O–H groups in total. The van der Waals surface area contributed by atoms with Crippen LogP contribution in [0, 0.1) is 0 Å². The summed E-state index contributed by atoms with van der Waals surface area (Å²) >= 11 is 1.56. The molecule has 0 bridgehead atoms. The van der Waals surface area contributed by atoms with Crippen LogP contribution in [0.3, 0.4) is 0 Å². The average molecular weight is 348 g/mol. The minimum Gasteiger partial charge on any atom is -0.497 e. The minimum absolute atomic E-state index is 0.00920. The van der Waals surface area contributed by atoms with E-state index in [1.807, 2.05) is 4.90 Å². The molecule has 1 amide bonds. The molecule has 128 valence electrons. The Morgan fingerprint density at radius 3 is 2.62 bits per heavy atom. The van der Waals surface area contributed by atoms with Gasteiger partial charge in [0.25, 0.3) is 5.91 Å². The number of rotatable bonds is 5. The first-order valence-electron chi connectivity index (χ1n) is 7.70. The molecule has 0 saturated carbocycles. The van der Waals surface area contributed by atoms with Gasteiger partial charge in [0.05, 0.1) is 26.3 Å². The van der Waals surface area contributed by atoms with E-state index >= 15 is 0 Å². The molecule has 2 heterocycles. The third kappa shape index (κ3) is 3.65. The SMILES string of the molecule is COc1ccc(C(=O)N2CCN(Cc3nncs3)CC2)c(OC)c1. The summed E-state index contributed by atoms with van der Waals surface area (Å²) in [7, 11) is 3.15. The minimum atomic E-state index is -0.00920. The molecule has 2 aromatic rings. The van der Waals surface area contributed by atoms with Crippen molar-refractivity contribution >= 4 is 17.2 Å². The number of hydrogen-bond donors (Lipinski definition) is 0. The van der Waals surface area contributed by atoms with E-state index in [4.69, 9.17) is 9.47 Å². The third-order valence-corrected chi connectivity index (χ3v) is 4.75. The molecule has 1 saturated heterocycles. The summed E-state index contributed by atoms with van der Waals surface area (Å²) < 4.78 is 10.5. The van der Waals surface area contributed by atoms with Crippen LogP contribution in [0.1, 0.15) is 15.4 Å². The van der Waals surface area contributed by atoms with Crippen LogP contribution in [0.4, 0.5) is 0 Å². The number of carbonyl (C=O) groups excluding carboxylic acids is 1. The van der Waals surface area contributed by atoms with Crippen LogP contribution in [0.5, 0.6) is 11.5 Å². The maximum Gasteiger partial charge on any atom is 0.257 e. The number of ether oxygens (including phenoxy) is 2. The van der Waals surface area contributed by atoms with Gasteiger partial charge in [0, 0.05) is 32.2 Å². The zero-order valence-corrected chi connectivity index (χ0v) is 14.6. The topological polar surface area (TPSA) is 67.8 Å². The molecule has 0 unspecified atom stereocenters. The van der Waals surface area contributed by atoms with E-state index in [0.717, 1.165) is 24.6 Å². The van der Waals surface area contributed by atoms with Crippen LogP contribution in [-0.2, 0) is 6.54 Å². The van der Waals surface area contributed by atoms with E-state index < -0.39 is 0 Å². The fraction of sp³-hybridized carbons (Fsp3) is 0.438. The van der Waals surface area contributed by atoms with Gasteiger partial charge in [-0.2, -0.15) is 0 Å². The number of benzene rings is 1. The van der Waals surface area contributed by atoms with Crippen molar-refractivity contribution in [3.05, 3.63) is 34.3 Å². The predicted octanol–water partition coefficient (Wildman–Crippen LogP) is 1.51. The Hall–Kier alpha value is -2.19. The van der Waals surface area contributed by atoms with Gasteiger partial charge >= 0.3 is 0 Å². The van der Waals surface area contributed by atoms with Crippen LogP contribution in [0.2, 0.25) is 0 Å². The van der Waals surface area contributed by atoms with Gasteiger partial charge in [-0.05, 0) is 12.1 Å². The molecule has 24 heavy (non-hydrogen) atoms. The Morgan fingerprint density at radius 1 is 1.21 bits per heavy atom. The lowest BCUT2D eigenvalue weighted by molar-refractivity contribution is 0.0625. The summed E-state index contributed by atoms with van der Waals surface area (Å²) in [6.45, 7) is 3.81. The van der Waals surface area contributed by atoms with Crippen molar-refractivity contribution in [2.45, 2.75) is 6.54 Å². The molecule has 0 aliphatic carbocycles. The fourth-order valence-corrected chi connectivity index (χ4v) is 3.28. The van der Waals surface area contributed by atoms with Crippen LogP contribution in [-0.4, -0.2) is 66.3 Å². The first-order chi connectivity index (χ1) is 11.7. The molecule has 0 atom stereocenters. The molecule has 0 radical (unpaired) electrons. The Balaban J connectivity index is 1.62. The number of aromatic nitrogens is 2. The van der Waals surface area contributed by atoms with E-state index in [-0.39, 0.29) is 5.91 Å². The quantitative estimate of drug-likeness (QED) is 0.816. The van der Waals surface area contributed by atoms with Gasteiger partial charge in [-0.3, -0.25) is 9.69 Å². The second kappa shape index (κ2) is 7.59. The zero-order chi connectivity index (χ0) is 16.9. The molecule has 1 aliphatic heterocycles. The Kier molecular flexibility index (Phi) is 5.27. The molecule has 1 aromatic carbocycles. The molecule has 1 aliphatic rings. The third-order valence-electron chi connectivity index (χ3n) is 4.06. The van der Waals surface area contributed by atoms with Gasteiger partial charge in [-0.1, -0.05) is 0 Å². The molecule has 1 fully saturated rings. The molecule has 8 heteroatoms. The molecular formula is C16H20N4O3S. The van der Waals surface area contributed by atoms with Gasteiger partial charge in [0.1, 0.15) is 22.0 Å². The number of carbonyl (C=O) groups is 1. The van der Waals surface area contributed by atoms with Crippen molar-refractivity contribution < 1.29 is 14.3 Å². The van der Waals surface area contributed by atoms with Gasteiger partial charge < -0.3 is 14.4 Å². The van der Waals surface area contributed by atoms with Gasteiger partial charge in [-0.15, -0.1) is 21.5 Å². The van der Waals surface area contributed by atoms with Crippen molar-refractivity contribution in [1.29, 1.82) is 0 Å². The molecular weight excluding hydrogens is 328 g/mol. The number of nitrogens with zero attached hydrogens (tertiary/aromatic N) is 4. The van der Waals surface area contributed by atoms with E-state index in [2.05, 4.69) is 15.1 Å². The number of piperazine rings is 1. The van der Waals surface area contributed by atoms with Gasteiger partial charge in [0.2, 0.25) is 0 Å². The average Bonchev–Trinajstić information content (AvgIpc) is 3.14. The maximum absolute atomic E-state index is 12.8. The normalized spacial score (nSPS) is 15.3. The first-order valence-corrected chi connectivity index (χ1v) is 8.58. The highest BCUT2D eigenvalue weighted by molar-refractivity contribution is 7.09. The van der Waals surface area contributed by atoms with E-state index in [1.165, 1.54) is 0 Å². The second-order valence-corrected chi connectivity index (χ2v) is 6.38. The zero-order valence-electron chi connectivity index (χ0n) is 13.8. The maximum atomic E-state index is 12.8. The Bertz CT molecular complexity index is 685. The summed E-state index contributed by atoms with van der Waals surface area (Å²) in [6.07, 6.45) is 0. The van der Waals surface area contributed by atoms with E-state index in [1.54, 1.807) is 49.3 Å². The van der Waals surface area contributed by atoms with Crippen LogP contribution in [0.15, 0.2) is 23.7 Å². The number of hydrogen-bond acceptors (Lipinski definition) is 7. The number of methoxy groups -OCH3 is 2. The molecule has 7 nitrogen and oxygen atoms in total.